The second-order valence-electron chi connectivity index (χ2n) is 4.32. The van der Waals surface area contributed by atoms with Gasteiger partial charge < -0.3 is 15.6 Å². The zero-order chi connectivity index (χ0) is 11.3. The first-order valence-electron chi connectivity index (χ1n) is 4.99. The average Bonchev–Trinajstić information content (AvgIpc) is 2.62. The Morgan fingerprint density at radius 2 is 2.33 bits per heavy atom. The molecule has 0 saturated carbocycles. The SMILES string of the molecule is CC(C)(N)CNC(=O)CCn1ccnc1. The summed E-state index contributed by atoms with van der Waals surface area (Å²) in [6.45, 7) is 4.90. The van der Waals surface area contributed by atoms with Crippen molar-refractivity contribution in [1.82, 2.24) is 14.9 Å². The number of nitrogens with zero attached hydrogens (tertiary/aromatic N) is 2. The van der Waals surface area contributed by atoms with Crippen molar-refractivity contribution >= 4 is 5.91 Å². The number of rotatable bonds is 5. The van der Waals surface area contributed by atoms with Gasteiger partial charge in [-0.15, -0.1) is 0 Å². The number of carbonyl (C=O) groups is 1. The first kappa shape index (κ1) is 11.7. The summed E-state index contributed by atoms with van der Waals surface area (Å²) in [5.41, 5.74) is 5.39. The number of nitrogens with two attached hydrogens (primary N) is 1. The Balaban J connectivity index is 2.20. The van der Waals surface area contributed by atoms with Gasteiger partial charge in [-0.1, -0.05) is 0 Å². The minimum Gasteiger partial charge on any atom is -0.354 e. The lowest BCUT2D eigenvalue weighted by atomic mass is 10.1. The van der Waals surface area contributed by atoms with E-state index < -0.39 is 0 Å². The summed E-state index contributed by atoms with van der Waals surface area (Å²) in [4.78, 5) is 15.3. The molecular formula is C10H18N4O. The zero-order valence-corrected chi connectivity index (χ0v) is 9.23. The Kier molecular flexibility index (Phi) is 3.85. The Hall–Kier alpha value is -1.36. The summed E-state index contributed by atoms with van der Waals surface area (Å²) < 4.78 is 1.87. The third-order valence-corrected chi connectivity index (χ3v) is 1.90. The van der Waals surface area contributed by atoms with Crippen molar-refractivity contribution in [3.8, 4) is 0 Å². The molecule has 1 aromatic heterocycles. The van der Waals surface area contributed by atoms with Gasteiger partial charge in [-0.25, -0.2) is 4.98 Å². The van der Waals surface area contributed by atoms with E-state index in [0.29, 0.717) is 19.5 Å². The van der Waals surface area contributed by atoms with Crippen molar-refractivity contribution in [2.75, 3.05) is 6.54 Å². The molecule has 0 aliphatic heterocycles. The van der Waals surface area contributed by atoms with E-state index in [2.05, 4.69) is 10.3 Å². The summed E-state index contributed by atoms with van der Waals surface area (Å²) >= 11 is 0. The largest absolute Gasteiger partial charge is 0.354 e. The van der Waals surface area contributed by atoms with E-state index in [1.807, 2.05) is 24.6 Å². The molecule has 0 aliphatic rings. The molecule has 0 atom stereocenters. The van der Waals surface area contributed by atoms with Crippen molar-refractivity contribution < 1.29 is 4.79 Å². The van der Waals surface area contributed by atoms with Crippen LogP contribution < -0.4 is 11.1 Å². The number of imidazole rings is 1. The van der Waals surface area contributed by atoms with Crippen LogP contribution in [0.4, 0.5) is 0 Å². The fourth-order valence-corrected chi connectivity index (χ4v) is 1.06. The second-order valence-corrected chi connectivity index (χ2v) is 4.32. The van der Waals surface area contributed by atoms with Crippen LogP contribution in [0.3, 0.4) is 0 Å². The lowest BCUT2D eigenvalue weighted by Gasteiger charge is -2.18. The lowest BCUT2D eigenvalue weighted by Crippen LogP contribution is -2.45. The van der Waals surface area contributed by atoms with Crippen molar-refractivity contribution in [2.24, 2.45) is 5.73 Å². The van der Waals surface area contributed by atoms with Crippen LogP contribution in [0.1, 0.15) is 20.3 Å². The van der Waals surface area contributed by atoms with Gasteiger partial charge >= 0.3 is 0 Å². The summed E-state index contributed by atoms with van der Waals surface area (Å²) in [7, 11) is 0. The molecule has 0 saturated heterocycles. The van der Waals surface area contributed by atoms with Crippen LogP contribution >= 0.6 is 0 Å². The second kappa shape index (κ2) is 4.93. The van der Waals surface area contributed by atoms with Gasteiger partial charge in [0, 0.05) is 37.4 Å². The third-order valence-electron chi connectivity index (χ3n) is 1.90. The lowest BCUT2D eigenvalue weighted by molar-refractivity contribution is -0.121. The molecule has 0 unspecified atom stereocenters. The number of hydrogen-bond donors (Lipinski definition) is 2. The molecule has 0 bridgehead atoms. The molecule has 0 aliphatic carbocycles. The van der Waals surface area contributed by atoms with Gasteiger partial charge in [0.25, 0.3) is 0 Å². The Morgan fingerprint density at radius 1 is 1.60 bits per heavy atom. The molecule has 1 rings (SSSR count). The van der Waals surface area contributed by atoms with E-state index in [1.165, 1.54) is 0 Å². The first-order valence-corrected chi connectivity index (χ1v) is 4.99. The number of aromatic nitrogens is 2. The predicted molar refractivity (Wildman–Crippen MR) is 58.1 cm³/mol. The Bertz CT molecular complexity index is 300. The number of amides is 1. The highest BCUT2D eigenvalue weighted by Gasteiger charge is 2.11. The highest BCUT2D eigenvalue weighted by Crippen LogP contribution is 1.94. The third kappa shape index (κ3) is 5.17. The van der Waals surface area contributed by atoms with Gasteiger partial charge in [-0.05, 0) is 13.8 Å². The molecular weight excluding hydrogens is 192 g/mol. The zero-order valence-electron chi connectivity index (χ0n) is 9.23. The van der Waals surface area contributed by atoms with Crippen molar-refractivity contribution in [3.05, 3.63) is 18.7 Å². The minimum absolute atomic E-state index is 0.0159. The maximum Gasteiger partial charge on any atom is 0.221 e. The summed E-state index contributed by atoms with van der Waals surface area (Å²) in [6.07, 6.45) is 5.67. The number of nitrogens with one attached hydrogen (secondary N) is 1. The highest BCUT2D eigenvalue weighted by molar-refractivity contribution is 5.75. The van der Waals surface area contributed by atoms with Gasteiger partial charge in [0.15, 0.2) is 0 Å². The first-order chi connectivity index (χ1) is 6.97. The fraction of sp³-hybridized carbons (Fsp3) is 0.600. The van der Waals surface area contributed by atoms with Crippen LogP contribution in [0.15, 0.2) is 18.7 Å². The van der Waals surface area contributed by atoms with E-state index in [1.54, 1.807) is 12.5 Å². The topological polar surface area (TPSA) is 72.9 Å². The van der Waals surface area contributed by atoms with E-state index in [4.69, 9.17) is 5.73 Å². The highest BCUT2D eigenvalue weighted by atomic mass is 16.1. The van der Waals surface area contributed by atoms with E-state index in [9.17, 15) is 4.79 Å². The Labute approximate surface area is 89.7 Å². The molecule has 5 nitrogen and oxygen atoms in total. The number of aryl methyl sites for hydroxylation is 1. The standard InChI is InChI=1S/C10H18N4O/c1-10(2,11)7-13-9(15)3-5-14-6-4-12-8-14/h4,6,8H,3,5,7,11H2,1-2H3,(H,13,15). The number of hydrogen-bond acceptors (Lipinski definition) is 3. The van der Waals surface area contributed by atoms with Gasteiger partial charge in [-0.2, -0.15) is 0 Å². The fourth-order valence-electron chi connectivity index (χ4n) is 1.06. The maximum atomic E-state index is 11.4. The molecule has 15 heavy (non-hydrogen) atoms. The molecule has 1 amide bonds. The van der Waals surface area contributed by atoms with Crippen molar-refractivity contribution in [1.29, 1.82) is 0 Å². The van der Waals surface area contributed by atoms with Gasteiger partial charge in [0.05, 0.1) is 6.33 Å². The molecule has 3 N–H and O–H groups in total. The van der Waals surface area contributed by atoms with Crippen LogP contribution in [0.25, 0.3) is 0 Å². The number of carbonyl (C=O) groups excluding carboxylic acids is 1. The van der Waals surface area contributed by atoms with Crippen molar-refractivity contribution in [2.45, 2.75) is 32.4 Å². The molecule has 0 aromatic carbocycles. The summed E-state index contributed by atoms with van der Waals surface area (Å²) in [6, 6.07) is 0. The van der Waals surface area contributed by atoms with Crippen molar-refractivity contribution in [3.63, 3.8) is 0 Å². The molecule has 1 heterocycles. The molecule has 0 radical (unpaired) electrons. The maximum absolute atomic E-state index is 11.4. The van der Waals surface area contributed by atoms with E-state index in [-0.39, 0.29) is 11.4 Å². The molecule has 0 fully saturated rings. The molecule has 1 aromatic rings. The van der Waals surface area contributed by atoms with E-state index in [0.717, 1.165) is 0 Å². The van der Waals surface area contributed by atoms with Crippen LogP contribution in [0, 0.1) is 0 Å². The normalized spacial score (nSPS) is 11.4. The monoisotopic (exact) mass is 210 g/mol. The van der Waals surface area contributed by atoms with Gasteiger partial charge in [0.2, 0.25) is 5.91 Å². The summed E-state index contributed by atoms with van der Waals surface area (Å²) in [5.74, 6) is 0.0159. The van der Waals surface area contributed by atoms with Crippen LogP contribution in [-0.2, 0) is 11.3 Å². The van der Waals surface area contributed by atoms with Gasteiger partial charge in [0.1, 0.15) is 0 Å². The average molecular weight is 210 g/mol. The van der Waals surface area contributed by atoms with Crippen LogP contribution in [-0.4, -0.2) is 27.5 Å². The Morgan fingerprint density at radius 3 is 2.87 bits per heavy atom. The smallest absolute Gasteiger partial charge is 0.221 e. The molecule has 84 valence electrons. The minimum atomic E-state index is -0.356. The van der Waals surface area contributed by atoms with Crippen LogP contribution in [0.5, 0.6) is 0 Å². The quantitative estimate of drug-likeness (QED) is 0.725. The molecule has 0 spiro atoms. The van der Waals surface area contributed by atoms with E-state index >= 15 is 0 Å². The van der Waals surface area contributed by atoms with Gasteiger partial charge in [-0.3, -0.25) is 4.79 Å². The predicted octanol–water partition coefficient (Wildman–Crippen LogP) is 0.127. The summed E-state index contributed by atoms with van der Waals surface area (Å²) in [5, 5.41) is 2.79. The molecule has 5 heteroatoms. The van der Waals surface area contributed by atoms with Crippen LogP contribution in [0.2, 0.25) is 0 Å².